The molecule has 0 bridgehead atoms. The van der Waals surface area contributed by atoms with E-state index in [2.05, 4.69) is 15.7 Å². The van der Waals surface area contributed by atoms with Crippen molar-refractivity contribution in [1.29, 1.82) is 0 Å². The summed E-state index contributed by atoms with van der Waals surface area (Å²) in [5.74, 6) is 0. The largest absolute Gasteiger partial charge is 0.155 e. The molecule has 0 aliphatic rings. The summed E-state index contributed by atoms with van der Waals surface area (Å²) in [5, 5.41) is 0. The number of hydrogen-bond donors (Lipinski definition) is 0. The van der Waals surface area contributed by atoms with Gasteiger partial charge in [-0.15, -0.1) is 0 Å². The van der Waals surface area contributed by atoms with Gasteiger partial charge in [0, 0.05) is 9.19 Å². The van der Waals surface area contributed by atoms with Gasteiger partial charge in [-0.05, 0) is 0 Å². The Bertz CT molecular complexity index is 8.00. The third-order valence-electron chi connectivity index (χ3n) is 0.289. The molecule has 0 nitrogen and oxygen atoms in total. The second-order valence-corrected chi connectivity index (χ2v) is 4.10. The molecule has 0 aliphatic carbocycles. The van der Waals surface area contributed by atoms with Gasteiger partial charge in [0.1, 0.15) is 0 Å². The van der Waals surface area contributed by atoms with Crippen LogP contribution in [0.5, 0.6) is 0 Å². The molecule has 0 amide bonds. The van der Waals surface area contributed by atoms with E-state index in [0.717, 1.165) is 0 Å². The van der Waals surface area contributed by atoms with Crippen molar-refractivity contribution >= 4 is 18.0 Å². The Balaban J connectivity index is 1.97. The maximum absolute atomic E-state index is 2.79. The Morgan fingerprint density at radius 2 is 2.25 bits per heavy atom. The van der Waals surface area contributed by atoms with E-state index in [0.29, 0.717) is 9.19 Å². The molecular formula is C2H9PSi. The lowest BCUT2D eigenvalue weighted by Gasteiger charge is -1.66. The average molecular weight is 92.2 g/mol. The van der Waals surface area contributed by atoms with Crippen LogP contribution in [0.2, 0.25) is 6.04 Å². The van der Waals surface area contributed by atoms with Gasteiger partial charge in [-0.2, -0.15) is 8.79 Å². The van der Waals surface area contributed by atoms with Crippen molar-refractivity contribution in [3.63, 3.8) is 0 Å². The van der Waals surface area contributed by atoms with Gasteiger partial charge in [-0.25, -0.2) is 0 Å². The zero-order valence-electron chi connectivity index (χ0n) is 2.99. The van der Waals surface area contributed by atoms with Crippen molar-refractivity contribution in [2.24, 2.45) is 0 Å². The second kappa shape index (κ2) is 3.65. The molecule has 0 radical (unpaired) electrons. The Labute approximate surface area is 31.9 Å². The third kappa shape index (κ3) is 2.65. The predicted octanol–water partition coefficient (Wildman–Crippen LogP) is 0.383. The number of rotatable bonds is 1. The molecule has 0 N–H and O–H groups in total. The van der Waals surface area contributed by atoms with Crippen LogP contribution in [0, 0.1) is 0 Å². The third-order valence-corrected chi connectivity index (χ3v) is 2.60. The number of hydrogen-bond acceptors (Lipinski definition) is 0. The summed E-state index contributed by atoms with van der Waals surface area (Å²) in [7, 11) is 3.14. The monoisotopic (exact) mass is 92.0 g/mol. The van der Waals surface area contributed by atoms with Crippen molar-refractivity contribution in [2.45, 2.75) is 13.0 Å². The summed E-state index contributed by atoms with van der Waals surface area (Å²) in [6, 6.07) is 1.42. The standard InChI is InChI=1S/C2H9PSi/c1-2-4-3/h2-4H2,1H3. The van der Waals surface area contributed by atoms with Crippen LogP contribution in [0.1, 0.15) is 6.92 Å². The molecular weight excluding hydrogens is 83.1 g/mol. The van der Waals surface area contributed by atoms with Crippen molar-refractivity contribution < 1.29 is 0 Å². The minimum atomic E-state index is 0.341. The highest BCUT2D eigenvalue weighted by Gasteiger charge is 1.58. The van der Waals surface area contributed by atoms with E-state index >= 15 is 0 Å². The molecule has 4 heavy (non-hydrogen) atoms. The van der Waals surface area contributed by atoms with Crippen LogP contribution in [0.3, 0.4) is 0 Å². The molecule has 1 unspecified atom stereocenters. The van der Waals surface area contributed by atoms with E-state index < -0.39 is 0 Å². The van der Waals surface area contributed by atoms with Gasteiger partial charge in [0.2, 0.25) is 0 Å². The van der Waals surface area contributed by atoms with E-state index in [1.165, 1.54) is 6.04 Å². The molecule has 0 aromatic carbocycles. The van der Waals surface area contributed by atoms with Crippen LogP contribution < -0.4 is 0 Å². The Morgan fingerprint density at radius 3 is 2.25 bits per heavy atom. The lowest BCUT2D eigenvalue weighted by Crippen LogP contribution is -1.60. The SMILES string of the molecule is CC[SiH2]P. The molecule has 0 fully saturated rings. The highest BCUT2D eigenvalue weighted by Crippen LogP contribution is 1.77. The zero-order valence-corrected chi connectivity index (χ0v) is 5.56. The van der Waals surface area contributed by atoms with Crippen LogP contribution in [0.4, 0.5) is 0 Å². The maximum Gasteiger partial charge on any atom is 0.0413 e. The normalized spacial score (nSPS) is 10.5. The predicted molar refractivity (Wildman–Crippen MR) is 28.7 cm³/mol. The first-order valence-corrected chi connectivity index (χ1v) is 5.88. The summed E-state index contributed by atoms with van der Waals surface area (Å²) in [6.45, 7) is 2.22. The van der Waals surface area contributed by atoms with Gasteiger partial charge in [-0.3, -0.25) is 0 Å². The van der Waals surface area contributed by atoms with Crippen LogP contribution >= 0.6 is 8.79 Å². The second-order valence-electron chi connectivity index (χ2n) is 0.789. The van der Waals surface area contributed by atoms with Gasteiger partial charge in [-0.1, -0.05) is 13.0 Å². The summed E-state index contributed by atoms with van der Waals surface area (Å²) in [4.78, 5) is 0. The smallest absolute Gasteiger partial charge is 0.0413 e. The first-order valence-electron chi connectivity index (χ1n) is 1.62. The van der Waals surface area contributed by atoms with E-state index in [-0.39, 0.29) is 0 Å². The Hall–Kier alpha value is 0.647. The summed E-state index contributed by atoms with van der Waals surface area (Å²) >= 11 is 0. The fourth-order valence-corrected chi connectivity index (χ4v) is 0. The lowest BCUT2D eigenvalue weighted by molar-refractivity contribution is 1.48. The molecule has 0 spiro atoms. The molecule has 0 saturated carbocycles. The van der Waals surface area contributed by atoms with Crippen LogP contribution in [-0.2, 0) is 0 Å². The fourth-order valence-electron chi connectivity index (χ4n) is 0. The lowest BCUT2D eigenvalue weighted by atomic mass is 11.0. The van der Waals surface area contributed by atoms with Crippen molar-refractivity contribution in [3.05, 3.63) is 0 Å². The van der Waals surface area contributed by atoms with Gasteiger partial charge >= 0.3 is 0 Å². The summed E-state index contributed by atoms with van der Waals surface area (Å²) in [6.07, 6.45) is 0. The highest BCUT2D eigenvalue weighted by atomic mass is 31.3. The van der Waals surface area contributed by atoms with Gasteiger partial charge in [0.15, 0.2) is 0 Å². The topological polar surface area (TPSA) is 0 Å². The van der Waals surface area contributed by atoms with E-state index in [1.807, 2.05) is 0 Å². The van der Waals surface area contributed by atoms with Crippen LogP contribution in [-0.4, -0.2) is 9.19 Å². The average Bonchev–Trinajstić information content (AvgIpc) is 1.37. The van der Waals surface area contributed by atoms with Gasteiger partial charge in [0.25, 0.3) is 0 Å². The van der Waals surface area contributed by atoms with E-state index in [1.54, 1.807) is 0 Å². The molecule has 0 rings (SSSR count). The highest BCUT2D eigenvalue weighted by molar-refractivity contribution is 7.55. The quantitative estimate of drug-likeness (QED) is 0.324. The zero-order chi connectivity index (χ0) is 3.41. The molecule has 2 heteroatoms. The first-order chi connectivity index (χ1) is 1.91. The first kappa shape index (κ1) is 4.65. The molecule has 0 aromatic heterocycles. The van der Waals surface area contributed by atoms with E-state index in [9.17, 15) is 0 Å². The molecule has 0 heterocycles. The molecule has 26 valence electrons. The van der Waals surface area contributed by atoms with Crippen LogP contribution in [0.25, 0.3) is 0 Å². The van der Waals surface area contributed by atoms with Gasteiger partial charge in [0.05, 0.1) is 0 Å². The summed E-state index contributed by atoms with van der Waals surface area (Å²) in [5.41, 5.74) is 0. The fraction of sp³-hybridized carbons (Fsp3) is 1.00. The van der Waals surface area contributed by atoms with E-state index in [4.69, 9.17) is 0 Å². The van der Waals surface area contributed by atoms with Crippen molar-refractivity contribution in [3.8, 4) is 0 Å². The Kier molecular flexibility index (Phi) is 4.24. The van der Waals surface area contributed by atoms with Gasteiger partial charge < -0.3 is 0 Å². The minimum absolute atomic E-state index is 0.341. The molecule has 0 saturated heterocycles. The Morgan fingerprint density at radius 1 is 2.00 bits per heavy atom. The summed E-state index contributed by atoms with van der Waals surface area (Å²) < 4.78 is 0. The van der Waals surface area contributed by atoms with Crippen molar-refractivity contribution in [2.75, 3.05) is 0 Å². The maximum atomic E-state index is 2.79. The van der Waals surface area contributed by atoms with Crippen molar-refractivity contribution in [1.82, 2.24) is 0 Å². The molecule has 1 atom stereocenters. The van der Waals surface area contributed by atoms with Crippen LogP contribution in [0.15, 0.2) is 0 Å². The molecule has 0 aliphatic heterocycles. The minimum Gasteiger partial charge on any atom is -0.155 e. The molecule has 0 aromatic rings.